The van der Waals surface area contributed by atoms with E-state index in [-0.39, 0.29) is 5.82 Å². The lowest BCUT2D eigenvalue weighted by molar-refractivity contribution is 0.222. The normalized spacial score (nSPS) is 14.6. The molecule has 2 atom stereocenters. The third-order valence-electron chi connectivity index (χ3n) is 3.54. The van der Waals surface area contributed by atoms with Gasteiger partial charge in [0.15, 0.2) is 0 Å². The van der Waals surface area contributed by atoms with Crippen molar-refractivity contribution in [1.29, 1.82) is 0 Å². The molecule has 0 saturated heterocycles. The molecule has 1 aromatic rings. The van der Waals surface area contributed by atoms with Gasteiger partial charge in [0.1, 0.15) is 5.82 Å². The summed E-state index contributed by atoms with van der Waals surface area (Å²) < 4.78 is 12.9. The summed E-state index contributed by atoms with van der Waals surface area (Å²) in [4.78, 5) is 2.32. The third kappa shape index (κ3) is 6.17. The fourth-order valence-corrected chi connectivity index (χ4v) is 2.20. The number of hydrogen-bond acceptors (Lipinski definition) is 2. The smallest absolute Gasteiger partial charge is 0.123 e. The van der Waals surface area contributed by atoms with Gasteiger partial charge in [-0.2, -0.15) is 0 Å². The molecule has 0 spiro atoms. The first kappa shape index (κ1) is 16.1. The highest BCUT2D eigenvalue weighted by Gasteiger charge is 2.13. The Balaban J connectivity index is 2.39. The molecule has 0 bridgehead atoms. The van der Waals surface area contributed by atoms with E-state index in [9.17, 15) is 4.39 Å². The van der Waals surface area contributed by atoms with Crippen LogP contribution in [-0.2, 0) is 6.54 Å². The van der Waals surface area contributed by atoms with Crippen molar-refractivity contribution in [2.45, 2.75) is 52.2 Å². The van der Waals surface area contributed by atoms with Crippen LogP contribution in [0, 0.1) is 5.82 Å². The van der Waals surface area contributed by atoms with E-state index in [0.717, 1.165) is 25.1 Å². The van der Waals surface area contributed by atoms with Crippen molar-refractivity contribution in [3.63, 3.8) is 0 Å². The first-order valence-corrected chi connectivity index (χ1v) is 7.21. The Morgan fingerprint density at radius 2 is 1.84 bits per heavy atom. The van der Waals surface area contributed by atoms with E-state index in [2.05, 4.69) is 38.0 Å². The predicted octanol–water partition coefficient (Wildman–Crippen LogP) is 3.42. The van der Waals surface area contributed by atoms with E-state index in [1.807, 2.05) is 12.1 Å². The van der Waals surface area contributed by atoms with Gasteiger partial charge in [0.05, 0.1) is 0 Å². The highest BCUT2D eigenvalue weighted by Crippen LogP contribution is 2.11. The molecule has 2 unspecified atom stereocenters. The van der Waals surface area contributed by atoms with Crippen LogP contribution in [0.4, 0.5) is 4.39 Å². The van der Waals surface area contributed by atoms with E-state index in [1.165, 1.54) is 18.6 Å². The number of benzene rings is 1. The molecule has 1 N–H and O–H groups in total. The average molecular weight is 266 g/mol. The predicted molar refractivity (Wildman–Crippen MR) is 79.7 cm³/mol. The molecule has 19 heavy (non-hydrogen) atoms. The number of nitrogens with zero attached hydrogens (tertiary/aromatic N) is 1. The van der Waals surface area contributed by atoms with Crippen LogP contribution in [0.25, 0.3) is 0 Å². The molecule has 0 aliphatic rings. The second kappa shape index (κ2) is 8.28. The Kier molecular flexibility index (Phi) is 7.03. The minimum absolute atomic E-state index is 0.170. The summed E-state index contributed by atoms with van der Waals surface area (Å²) in [5.74, 6) is -0.170. The maximum atomic E-state index is 12.9. The van der Waals surface area contributed by atoms with Crippen LogP contribution in [0.2, 0.25) is 0 Å². The lowest BCUT2D eigenvalue weighted by Gasteiger charge is -2.27. The average Bonchev–Trinajstić information content (AvgIpc) is 2.39. The molecule has 2 nitrogen and oxygen atoms in total. The SMILES string of the molecule is CCCNC(C)CC(C)N(C)Cc1ccc(F)cc1. The second-order valence-corrected chi connectivity index (χ2v) is 5.48. The number of halogens is 1. The quantitative estimate of drug-likeness (QED) is 0.775. The molecule has 0 amide bonds. The summed E-state index contributed by atoms with van der Waals surface area (Å²) in [5, 5.41) is 3.51. The molecule has 0 radical (unpaired) electrons. The Labute approximate surface area is 117 Å². The minimum Gasteiger partial charge on any atom is -0.314 e. The standard InChI is InChI=1S/C16H27FN2/c1-5-10-18-13(2)11-14(3)19(4)12-15-6-8-16(17)9-7-15/h6-9,13-14,18H,5,10-12H2,1-4H3. The molecule has 0 aliphatic carbocycles. The summed E-state index contributed by atoms with van der Waals surface area (Å²) in [6.45, 7) is 8.60. The maximum Gasteiger partial charge on any atom is 0.123 e. The van der Waals surface area contributed by atoms with Crippen molar-refractivity contribution < 1.29 is 4.39 Å². The number of nitrogens with one attached hydrogen (secondary N) is 1. The van der Waals surface area contributed by atoms with Gasteiger partial charge in [-0.3, -0.25) is 4.90 Å². The van der Waals surface area contributed by atoms with Crippen LogP contribution < -0.4 is 5.32 Å². The molecular formula is C16H27FN2. The van der Waals surface area contributed by atoms with Crippen molar-refractivity contribution in [2.75, 3.05) is 13.6 Å². The van der Waals surface area contributed by atoms with E-state index in [4.69, 9.17) is 0 Å². The highest BCUT2D eigenvalue weighted by atomic mass is 19.1. The lowest BCUT2D eigenvalue weighted by Crippen LogP contribution is -2.36. The fourth-order valence-electron chi connectivity index (χ4n) is 2.20. The lowest BCUT2D eigenvalue weighted by atomic mass is 10.1. The van der Waals surface area contributed by atoms with Gasteiger partial charge in [-0.15, -0.1) is 0 Å². The van der Waals surface area contributed by atoms with Gasteiger partial charge in [-0.1, -0.05) is 19.1 Å². The topological polar surface area (TPSA) is 15.3 Å². The molecule has 0 heterocycles. The molecule has 0 fully saturated rings. The summed E-state index contributed by atoms with van der Waals surface area (Å²) in [5.41, 5.74) is 1.16. The zero-order valence-corrected chi connectivity index (χ0v) is 12.6. The van der Waals surface area contributed by atoms with Crippen LogP contribution in [0.1, 0.15) is 39.2 Å². The Bertz CT molecular complexity index is 350. The molecule has 0 aliphatic heterocycles. The molecule has 108 valence electrons. The van der Waals surface area contributed by atoms with E-state index < -0.39 is 0 Å². The van der Waals surface area contributed by atoms with Gasteiger partial charge < -0.3 is 5.32 Å². The first-order chi connectivity index (χ1) is 9.02. The van der Waals surface area contributed by atoms with E-state index in [0.29, 0.717) is 12.1 Å². The summed E-state index contributed by atoms with van der Waals surface area (Å²) >= 11 is 0. The molecule has 0 aromatic heterocycles. The van der Waals surface area contributed by atoms with Gasteiger partial charge in [-0.05, 0) is 58.0 Å². The van der Waals surface area contributed by atoms with Crippen LogP contribution >= 0.6 is 0 Å². The Morgan fingerprint density at radius 1 is 1.21 bits per heavy atom. The van der Waals surface area contributed by atoms with E-state index in [1.54, 1.807) is 0 Å². The van der Waals surface area contributed by atoms with Gasteiger partial charge in [0, 0.05) is 18.6 Å². The third-order valence-corrected chi connectivity index (χ3v) is 3.54. The van der Waals surface area contributed by atoms with Crippen molar-refractivity contribution in [1.82, 2.24) is 10.2 Å². The fraction of sp³-hybridized carbons (Fsp3) is 0.625. The van der Waals surface area contributed by atoms with Crippen molar-refractivity contribution >= 4 is 0 Å². The summed E-state index contributed by atoms with van der Waals surface area (Å²) in [6, 6.07) is 7.81. The molecule has 1 rings (SSSR count). The summed E-state index contributed by atoms with van der Waals surface area (Å²) in [6.07, 6.45) is 2.29. The Morgan fingerprint density at radius 3 is 2.42 bits per heavy atom. The number of hydrogen-bond donors (Lipinski definition) is 1. The molecule has 1 aromatic carbocycles. The van der Waals surface area contributed by atoms with Crippen LogP contribution in [0.15, 0.2) is 24.3 Å². The van der Waals surface area contributed by atoms with Crippen molar-refractivity contribution in [3.05, 3.63) is 35.6 Å². The Hall–Kier alpha value is -0.930. The second-order valence-electron chi connectivity index (χ2n) is 5.48. The monoisotopic (exact) mass is 266 g/mol. The van der Waals surface area contributed by atoms with Crippen molar-refractivity contribution in [2.24, 2.45) is 0 Å². The maximum absolute atomic E-state index is 12.9. The highest BCUT2D eigenvalue weighted by molar-refractivity contribution is 5.15. The summed E-state index contributed by atoms with van der Waals surface area (Å²) in [7, 11) is 2.13. The van der Waals surface area contributed by atoms with Crippen LogP contribution in [0.5, 0.6) is 0 Å². The van der Waals surface area contributed by atoms with Crippen LogP contribution in [0.3, 0.4) is 0 Å². The van der Waals surface area contributed by atoms with Crippen molar-refractivity contribution in [3.8, 4) is 0 Å². The largest absolute Gasteiger partial charge is 0.314 e. The minimum atomic E-state index is -0.170. The zero-order valence-electron chi connectivity index (χ0n) is 12.6. The van der Waals surface area contributed by atoms with Gasteiger partial charge in [0.25, 0.3) is 0 Å². The van der Waals surface area contributed by atoms with Gasteiger partial charge >= 0.3 is 0 Å². The number of rotatable bonds is 8. The molecule has 0 saturated carbocycles. The molecular weight excluding hydrogens is 239 g/mol. The van der Waals surface area contributed by atoms with E-state index >= 15 is 0 Å². The zero-order chi connectivity index (χ0) is 14.3. The van der Waals surface area contributed by atoms with Gasteiger partial charge in [0.2, 0.25) is 0 Å². The van der Waals surface area contributed by atoms with Gasteiger partial charge in [-0.25, -0.2) is 4.39 Å². The van der Waals surface area contributed by atoms with Crippen LogP contribution in [-0.4, -0.2) is 30.6 Å². The molecule has 3 heteroatoms. The first-order valence-electron chi connectivity index (χ1n) is 7.21.